The van der Waals surface area contributed by atoms with E-state index in [0.29, 0.717) is 23.3 Å². The summed E-state index contributed by atoms with van der Waals surface area (Å²) in [6.45, 7) is 3.07. The fourth-order valence-corrected chi connectivity index (χ4v) is 3.37. The van der Waals surface area contributed by atoms with Gasteiger partial charge in [-0.05, 0) is 31.4 Å². The Bertz CT molecular complexity index is 689. The molecule has 2 aromatic rings. The number of fused-ring (bicyclic) bond motifs is 1. The van der Waals surface area contributed by atoms with E-state index in [4.69, 9.17) is 0 Å². The monoisotopic (exact) mass is 306 g/mol. The van der Waals surface area contributed by atoms with Crippen molar-refractivity contribution in [1.29, 1.82) is 0 Å². The second-order valence-electron chi connectivity index (χ2n) is 6.57. The molecule has 0 amide bonds. The molecule has 4 nitrogen and oxygen atoms in total. The maximum absolute atomic E-state index is 13.5. The Morgan fingerprint density at radius 3 is 2.86 bits per heavy atom. The molecule has 1 saturated heterocycles. The first-order valence-electron chi connectivity index (χ1n) is 7.88. The van der Waals surface area contributed by atoms with E-state index in [1.807, 2.05) is 6.07 Å². The Balaban J connectivity index is 1.64. The van der Waals surface area contributed by atoms with Gasteiger partial charge >= 0.3 is 0 Å². The molecule has 0 aromatic carbocycles. The van der Waals surface area contributed by atoms with Crippen LogP contribution in [0.15, 0.2) is 18.5 Å². The normalized spacial score (nSPS) is 30.4. The van der Waals surface area contributed by atoms with Gasteiger partial charge in [-0.15, -0.1) is 0 Å². The van der Waals surface area contributed by atoms with E-state index in [2.05, 4.69) is 27.5 Å². The molecule has 2 aliphatic rings. The third-order valence-corrected chi connectivity index (χ3v) is 4.83. The lowest BCUT2D eigenvalue weighted by Crippen LogP contribution is -2.43. The molecule has 0 bridgehead atoms. The van der Waals surface area contributed by atoms with Crippen molar-refractivity contribution in [1.82, 2.24) is 15.3 Å². The van der Waals surface area contributed by atoms with Gasteiger partial charge in [0.2, 0.25) is 0 Å². The molecular formula is C16H20F2N4. The molecule has 1 aliphatic heterocycles. The number of nitrogens with zero attached hydrogens (tertiary/aromatic N) is 1. The predicted octanol–water partition coefficient (Wildman–Crippen LogP) is 3.24. The molecule has 3 heterocycles. The zero-order chi connectivity index (χ0) is 15.3. The highest BCUT2D eigenvalue weighted by molar-refractivity contribution is 5.93. The summed E-state index contributed by atoms with van der Waals surface area (Å²) in [6, 6.07) is 2.76. The minimum absolute atomic E-state index is 0.0587. The minimum atomic E-state index is -2.57. The fraction of sp³-hybridized carbons (Fsp3) is 0.562. The summed E-state index contributed by atoms with van der Waals surface area (Å²) in [5.41, 5.74) is 2.28. The van der Waals surface area contributed by atoms with Crippen molar-refractivity contribution >= 4 is 16.7 Å². The number of anilines is 1. The van der Waals surface area contributed by atoms with Crippen LogP contribution in [0.5, 0.6) is 0 Å². The highest BCUT2D eigenvalue weighted by Gasteiger charge is 2.58. The van der Waals surface area contributed by atoms with Crippen molar-refractivity contribution in [3.63, 3.8) is 0 Å². The van der Waals surface area contributed by atoms with Gasteiger partial charge in [0.25, 0.3) is 5.92 Å². The standard InChI is InChI=1S/C16H20F2N4/c1-9-2-3-10(7-20-9)22-13-4-5-19-15-14(13)11(8-21-15)12-6-16(12,17)18/h4-5,8-10,12,20H,2-3,6-7H2,1H3,(H2,19,21,22)/t9-,10+,12?/m0/s1. The van der Waals surface area contributed by atoms with Crippen LogP contribution in [-0.2, 0) is 0 Å². The first-order chi connectivity index (χ1) is 10.5. The lowest BCUT2D eigenvalue weighted by Gasteiger charge is -2.29. The van der Waals surface area contributed by atoms with Gasteiger partial charge in [-0.1, -0.05) is 0 Å². The molecule has 2 fully saturated rings. The van der Waals surface area contributed by atoms with Crippen molar-refractivity contribution < 1.29 is 8.78 Å². The van der Waals surface area contributed by atoms with E-state index in [9.17, 15) is 8.78 Å². The lowest BCUT2D eigenvalue weighted by molar-refractivity contribution is 0.112. The number of aromatic nitrogens is 2. The highest BCUT2D eigenvalue weighted by Crippen LogP contribution is 2.57. The van der Waals surface area contributed by atoms with Crippen LogP contribution in [0.25, 0.3) is 11.0 Å². The van der Waals surface area contributed by atoms with Gasteiger partial charge in [0, 0.05) is 48.5 Å². The van der Waals surface area contributed by atoms with Gasteiger partial charge in [0.15, 0.2) is 0 Å². The molecule has 6 heteroatoms. The molecule has 0 spiro atoms. The van der Waals surface area contributed by atoms with E-state index < -0.39 is 11.8 Å². The molecule has 2 aromatic heterocycles. The second kappa shape index (κ2) is 4.91. The first-order valence-corrected chi connectivity index (χ1v) is 7.88. The van der Waals surface area contributed by atoms with Gasteiger partial charge in [0.1, 0.15) is 5.65 Å². The van der Waals surface area contributed by atoms with Crippen LogP contribution in [0, 0.1) is 0 Å². The van der Waals surface area contributed by atoms with E-state index >= 15 is 0 Å². The molecule has 3 N–H and O–H groups in total. The molecule has 3 atom stereocenters. The van der Waals surface area contributed by atoms with Crippen molar-refractivity contribution in [2.75, 3.05) is 11.9 Å². The summed E-state index contributed by atoms with van der Waals surface area (Å²) in [4.78, 5) is 7.30. The third-order valence-electron chi connectivity index (χ3n) is 4.83. The van der Waals surface area contributed by atoms with Gasteiger partial charge in [-0.2, -0.15) is 0 Å². The smallest absolute Gasteiger partial charge is 0.256 e. The number of nitrogens with one attached hydrogen (secondary N) is 3. The van der Waals surface area contributed by atoms with Crippen LogP contribution in [0.2, 0.25) is 0 Å². The quantitative estimate of drug-likeness (QED) is 0.816. The van der Waals surface area contributed by atoms with Crippen LogP contribution in [0.3, 0.4) is 0 Å². The Morgan fingerprint density at radius 1 is 1.36 bits per heavy atom. The van der Waals surface area contributed by atoms with Crippen LogP contribution >= 0.6 is 0 Å². The molecule has 0 radical (unpaired) electrons. The van der Waals surface area contributed by atoms with Gasteiger partial charge in [0.05, 0.1) is 5.92 Å². The van der Waals surface area contributed by atoms with E-state index in [1.54, 1.807) is 12.4 Å². The highest BCUT2D eigenvalue weighted by atomic mass is 19.3. The SMILES string of the molecule is C[C@H]1CC[C@@H](Nc2ccnc3[nH]cc(C4CC4(F)F)c23)CN1. The van der Waals surface area contributed by atoms with Gasteiger partial charge in [-0.3, -0.25) is 0 Å². The number of hydrogen-bond donors (Lipinski definition) is 3. The predicted molar refractivity (Wildman–Crippen MR) is 82.5 cm³/mol. The van der Waals surface area contributed by atoms with Crippen molar-refractivity contribution in [3.8, 4) is 0 Å². The average Bonchev–Trinajstić information content (AvgIpc) is 2.94. The minimum Gasteiger partial charge on any atom is -0.380 e. The van der Waals surface area contributed by atoms with Crippen molar-refractivity contribution in [2.24, 2.45) is 0 Å². The van der Waals surface area contributed by atoms with Gasteiger partial charge < -0.3 is 15.6 Å². The topological polar surface area (TPSA) is 52.7 Å². The molecule has 22 heavy (non-hydrogen) atoms. The summed E-state index contributed by atoms with van der Waals surface area (Å²) in [6.07, 6.45) is 5.55. The maximum Gasteiger partial charge on any atom is 0.256 e. The van der Waals surface area contributed by atoms with Crippen LogP contribution < -0.4 is 10.6 Å². The molecule has 4 rings (SSSR count). The second-order valence-corrected chi connectivity index (χ2v) is 6.57. The summed E-state index contributed by atoms with van der Waals surface area (Å²) >= 11 is 0. The molecule has 1 saturated carbocycles. The zero-order valence-corrected chi connectivity index (χ0v) is 12.5. The van der Waals surface area contributed by atoms with Crippen LogP contribution in [0.4, 0.5) is 14.5 Å². The fourth-order valence-electron chi connectivity index (χ4n) is 3.37. The van der Waals surface area contributed by atoms with E-state index in [0.717, 1.165) is 30.5 Å². The van der Waals surface area contributed by atoms with E-state index in [1.165, 1.54) is 0 Å². The zero-order valence-electron chi connectivity index (χ0n) is 12.5. The summed E-state index contributed by atoms with van der Waals surface area (Å²) in [5.74, 6) is -3.24. The molecule has 1 unspecified atom stereocenters. The number of hydrogen-bond acceptors (Lipinski definition) is 3. The van der Waals surface area contributed by atoms with Crippen LogP contribution in [-0.4, -0.2) is 34.5 Å². The Labute approximate surface area is 127 Å². The molecular weight excluding hydrogens is 286 g/mol. The molecule has 1 aliphatic carbocycles. The number of rotatable bonds is 3. The van der Waals surface area contributed by atoms with E-state index in [-0.39, 0.29) is 6.42 Å². The average molecular weight is 306 g/mol. The number of H-pyrrole nitrogens is 1. The maximum atomic E-state index is 13.5. The summed E-state index contributed by atoms with van der Waals surface area (Å²) < 4.78 is 26.9. The number of pyridine rings is 1. The Hall–Kier alpha value is -1.69. The number of alkyl halides is 2. The molecule has 118 valence electrons. The van der Waals surface area contributed by atoms with Crippen molar-refractivity contribution in [3.05, 3.63) is 24.0 Å². The lowest BCUT2D eigenvalue weighted by atomic mass is 10.0. The largest absolute Gasteiger partial charge is 0.380 e. The number of halogens is 2. The Morgan fingerprint density at radius 2 is 2.18 bits per heavy atom. The number of aromatic amines is 1. The van der Waals surface area contributed by atoms with Crippen LogP contribution in [0.1, 0.15) is 37.7 Å². The summed E-state index contributed by atoms with van der Waals surface area (Å²) in [7, 11) is 0. The first kappa shape index (κ1) is 13.9. The number of piperidine rings is 1. The summed E-state index contributed by atoms with van der Waals surface area (Å²) in [5, 5.41) is 7.79. The van der Waals surface area contributed by atoms with Crippen molar-refractivity contribution in [2.45, 2.75) is 50.1 Å². The van der Waals surface area contributed by atoms with Gasteiger partial charge in [-0.25, -0.2) is 13.8 Å². The Kier molecular flexibility index (Phi) is 3.11. The third kappa shape index (κ3) is 2.35.